The molecule has 144 valence electrons. The van der Waals surface area contributed by atoms with Crippen molar-refractivity contribution in [3.05, 3.63) is 39.8 Å². The topological polar surface area (TPSA) is 54.9 Å². The number of methoxy groups -OCH3 is 2. The Morgan fingerprint density at radius 1 is 1.19 bits per heavy atom. The van der Waals surface area contributed by atoms with Crippen molar-refractivity contribution in [2.24, 2.45) is 0 Å². The summed E-state index contributed by atoms with van der Waals surface area (Å²) in [7, 11) is 3.18. The largest absolute Gasteiger partial charge is 0.497 e. The van der Waals surface area contributed by atoms with Gasteiger partial charge in [-0.05, 0) is 25.0 Å². The van der Waals surface area contributed by atoms with Gasteiger partial charge < -0.3 is 14.4 Å². The second kappa shape index (κ2) is 7.86. The van der Waals surface area contributed by atoms with Gasteiger partial charge in [0, 0.05) is 43.5 Å². The maximum Gasteiger partial charge on any atom is 0.257 e. The van der Waals surface area contributed by atoms with Crippen LogP contribution in [0.1, 0.15) is 39.8 Å². The van der Waals surface area contributed by atoms with Crippen molar-refractivity contribution in [1.29, 1.82) is 0 Å². The number of amides is 1. The molecule has 1 amide bonds. The zero-order valence-electron chi connectivity index (χ0n) is 15.8. The molecule has 0 radical (unpaired) electrons. The number of rotatable bonds is 6. The van der Waals surface area contributed by atoms with Gasteiger partial charge in [0.25, 0.3) is 5.91 Å². The third-order valence-corrected chi connectivity index (χ3v) is 6.07. The molecule has 0 atom stereocenters. The van der Waals surface area contributed by atoms with E-state index in [1.54, 1.807) is 43.8 Å². The summed E-state index contributed by atoms with van der Waals surface area (Å²) in [5.41, 5.74) is 1.86. The van der Waals surface area contributed by atoms with Crippen LogP contribution in [0.3, 0.4) is 0 Å². The van der Waals surface area contributed by atoms with Crippen molar-refractivity contribution in [2.45, 2.75) is 25.3 Å². The molecule has 1 aliphatic heterocycles. The summed E-state index contributed by atoms with van der Waals surface area (Å²) >= 11 is 1.76. The van der Waals surface area contributed by atoms with E-state index >= 15 is 0 Å². The lowest BCUT2D eigenvalue weighted by Crippen LogP contribution is -2.48. The summed E-state index contributed by atoms with van der Waals surface area (Å²) in [5.74, 6) is 1.96. The van der Waals surface area contributed by atoms with Gasteiger partial charge in [0.15, 0.2) is 0 Å². The van der Waals surface area contributed by atoms with Crippen molar-refractivity contribution in [3.8, 4) is 11.5 Å². The molecule has 0 spiro atoms. The highest BCUT2D eigenvalue weighted by Gasteiger charge is 2.27. The Kier molecular flexibility index (Phi) is 5.31. The van der Waals surface area contributed by atoms with Gasteiger partial charge in [-0.3, -0.25) is 9.69 Å². The van der Waals surface area contributed by atoms with Gasteiger partial charge in [-0.15, -0.1) is 11.3 Å². The number of thiazole rings is 1. The standard InChI is InChI=1S/C20H25N3O3S/c1-25-15-5-6-16(18(11-15)26-2)20(24)23-9-7-22(8-10-23)12-19-21-17(13-27-19)14-3-4-14/h5-6,11,13-14H,3-4,7-10,12H2,1-2H3. The Hall–Kier alpha value is -2.12. The maximum absolute atomic E-state index is 12.9. The monoisotopic (exact) mass is 387 g/mol. The molecule has 0 bridgehead atoms. The number of piperazine rings is 1. The van der Waals surface area contributed by atoms with Gasteiger partial charge >= 0.3 is 0 Å². The fraction of sp³-hybridized carbons (Fsp3) is 0.500. The first-order valence-corrected chi connectivity index (χ1v) is 10.2. The first-order chi connectivity index (χ1) is 13.2. The molecule has 2 aromatic rings. The normalized spacial score (nSPS) is 17.8. The zero-order valence-corrected chi connectivity index (χ0v) is 16.6. The van der Waals surface area contributed by atoms with Gasteiger partial charge in [-0.25, -0.2) is 4.98 Å². The summed E-state index contributed by atoms with van der Waals surface area (Å²) in [5, 5.41) is 3.40. The quantitative estimate of drug-likeness (QED) is 0.763. The molecule has 1 aliphatic carbocycles. The number of aromatic nitrogens is 1. The molecular weight excluding hydrogens is 362 g/mol. The molecule has 0 unspecified atom stereocenters. The minimum atomic E-state index is 0.0134. The lowest BCUT2D eigenvalue weighted by molar-refractivity contribution is 0.0625. The van der Waals surface area contributed by atoms with Crippen LogP contribution in [-0.2, 0) is 6.54 Å². The summed E-state index contributed by atoms with van der Waals surface area (Å²) in [6.45, 7) is 4.04. The summed E-state index contributed by atoms with van der Waals surface area (Å²) in [4.78, 5) is 22.0. The van der Waals surface area contributed by atoms with E-state index < -0.39 is 0 Å². The number of hydrogen-bond donors (Lipinski definition) is 0. The number of hydrogen-bond acceptors (Lipinski definition) is 6. The Labute approximate surface area is 163 Å². The Bertz CT molecular complexity index is 811. The van der Waals surface area contributed by atoms with Crippen LogP contribution in [0, 0.1) is 0 Å². The highest BCUT2D eigenvalue weighted by atomic mass is 32.1. The molecule has 7 heteroatoms. The molecule has 2 aliphatic rings. The van der Waals surface area contributed by atoms with E-state index in [0.29, 0.717) is 23.0 Å². The van der Waals surface area contributed by atoms with Gasteiger partial charge in [0.2, 0.25) is 0 Å². The van der Waals surface area contributed by atoms with E-state index in [-0.39, 0.29) is 5.91 Å². The zero-order chi connectivity index (χ0) is 18.8. The fourth-order valence-corrected chi connectivity index (χ4v) is 4.33. The Morgan fingerprint density at radius 2 is 1.96 bits per heavy atom. The minimum absolute atomic E-state index is 0.0134. The second-order valence-electron chi connectivity index (χ2n) is 7.07. The van der Waals surface area contributed by atoms with E-state index in [4.69, 9.17) is 14.5 Å². The van der Waals surface area contributed by atoms with Gasteiger partial charge in [0.05, 0.1) is 32.0 Å². The first kappa shape index (κ1) is 18.3. The molecule has 1 aromatic carbocycles. The number of nitrogens with zero attached hydrogens (tertiary/aromatic N) is 3. The average molecular weight is 388 g/mol. The van der Waals surface area contributed by atoms with E-state index in [0.717, 1.165) is 32.7 Å². The lowest BCUT2D eigenvalue weighted by atomic mass is 10.1. The molecule has 6 nitrogen and oxygen atoms in total. The molecule has 1 aromatic heterocycles. The predicted molar refractivity (Wildman–Crippen MR) is 105 cm³/mol. The van der Waals surface area contributed by atoms with E-state index in [2.05, 4.69) is 10.3 Å². The van der Waals surface area contributed by atoms with E-state index in [9.17, 15) is 4.79 Å². The smallest absolute Gasteiger partial charge is 0.257 e. The average Bonchev–Trinajstić information content (AvgIpc) is 3.47. The van der Waals surface area contributed by atoms with E-state index in [1.807, 2.05) is 4.90 Å². The minimum Gasteiger partial charge on any atom is -0.497 e. The number of benzene rings is 1. The molecule has 27 heavy (non-hydrogen) atoms. The van der Waals surface area contributed by atoms with Crippen LogP contribution in [0.5, 0.6) is 11.5 Å². The van der Waals surface area contributed by atoms with Crippen molar-refractivity contribution in [1.82, 2.24) is 14.8 Å². The number of carbonyl (C=O) groups is 1. The summed E-state index contributed by atoms with van der Waals surface area (Å²) in [6, 6.07) is 5.33. The van der Waals surface area contributed by atoms with Crippen molar-refractivity contribution in [3.63, 3.8) is 0 Å². The van der Waals surface area contributed by atoms with Crippen LogP contribution in [0.15, 0.2) is 23.6 Å². The molecule has 4 rings (SSSR count). The van der Waals surface area contributed by atoms with Crippen LogP contribution < -0.4 is 9.47 Å². The van der Waals surface area contributed by atoms with E-state index in [1.165, 1.54) is 23.5 Å². The molecule has 1 saturated carbocycles. The van der Waals surface area contributed by atoms with Crippen LogP contribution in [0.25, 0.3) is 0 Å². The molecule has 2 heterocycles. The maximum atomic E-state index is 12.9. The van der Waals surface area contributed by atoms with Gasteiger partial charge in [0.1, 0.15) is 16.5 Å². The first-order valence-electron chi connectivity index (χ1n) is 9.36. The van der Waals surface area contributed by atoms with Crippen molar-refractivity contribution < 1.29 is 14.3 Å². The fourth-order valence-electron chi connectivity index (χ4n) is 3.41. The van der Waals surface area contributed by atoms with Crippen LogP contribution in [0.4, 0.5) is 0 Å². The number of carbonyl (C=O) groups excluding carboxylic acids is 1. The SMILES string of the molecule is COc1ccc(C(=O)N2CCN(Cc3nc(C4CC4)cs3)CC2)c(OC)c1. The predicted octanol–water partition coefficient (Wildman–Crippen LogP) is 3.00. The molecular formula is C20H25N3O3S. The van der Waals surface area contributed by atoms with Gasteiger partial charge in [-0.2, -0.15) is 0 Å². The van der Waals surface area contributed by atoms with Crippen molar-refractivity contribution >= 4 is 17.2 Å². The molecule has 0 N–H and O–H groups in total. The number of ether oxygens (including phenoxy) is 2. The third kappa shape index (κ3) is 4.09. The second-order valence-corrected chi connectivity index (χ2v) is 8.02. The molecule has 2 fully saturated rings. The van der Waals surface area contributed by atoms with Crippen LogP contribution in [-0.4, -0.2) is 61.1 Å². The lowest BCUT2D eigenvalue weighted by Gasteiger charge is -2.34. The third-order valence-electron chi connectivity index (χ3n) is 5.22. The summed E-state index contributed by atoms with van der Waals surface area (Å²) < 4.78 is 10.6. The Morgan fingerprint density at radius 3 is 2.63 bits per heavy atom. The van der Waals surface area contributed by atoms with Crippen molar-refractivity contribution in [2.75, 3.05) is 40.4 Å². The van der Waals surface area contributed by atoms with Gasteiger partial charge in [-0.1, -0.05) is 0 Å². The highest BCUT2D eigenvalue weighted by Crippen LogP contribution is 2.40. The Balaban J connectivity index is 1.34. The summed E-state index contributed by atoms with van der Waals surface area (Å²) in [6.07, 6.45) is 2.58. The van der Waals surface area contributed by atoms with Crippen LogP contribution in [0.2, 0.25) is 0 Å². The van der Waals surface area contributed by atoms with Crippen LogP contribution >= 0.6 is 11.3 Å². The molecule has 1 saturated heterocycles. The highest BCUT2D eigenvalue weighted by molar-refractivity contribution is 7.09.